The van der Waals surface area contributed by atoms with Gasteiger partial charge in [-0.25, -0.2) is 15.0 Å². The second kappa shape index (κ2) is 9.39. The van der Waals surface area contributed by atoms with Gasteiger partial charge in [0, 0.05) is 16.8 Å². The molecule has 0 aliphatic heterocycles. The van der Waals surface area contributed by atoms with Crippen LogP contribution in [0, 0.1) is 13.8 Å². The molecule has 1 unspecified atom stereocenters. The Morgan fingerprint density at radius 2 is 1.76 bits per heavy atom. The molecule has 0 radical (unpaired) electrons. The summed E-state index contributed by atoms with van der Waals surface area (Å²) in [5, 5.41) is 4.03. The van der Waals surface area contributed by atoms with Crippen LogP contribution in [0.1, 0.15) is 41.0 Å². The van der Waals surface area contributed by atoms with E-state index in [0.29, 0.717) is 22.9 Å². The highest BCUT2D eigenvalue weighted by molar-refractivity contribution is 7.98. The number of hydrogen-bond acceptors (Lipinski definition) is 5. The van der Waals surface area contributed by atoms with E-state index in [-0.39, 0.29) is 5.56 Å². The summed E-state index contributed by atoms with van der Waals surface area (Å²) in [4.78, 5) is 14.4. The Bertz CT molecular complexity index is 1280. The van der Waals surface area contributed by atoms with Gasteiger partial charge in [0.2, 0.25) is 0 Å². The molecular weight excluding hydrogens is 445 g/mol. The summed E-state index contributed by atoms with van der Waals surface area (Å²) in [5.41, 5.74) is 1.89. The maximum atomic E-state index is 13.4. The van der Waals surface area contributed by atoms with E-state index in [9.17, 15) is 13.2 Å². The molecule has 2 aromatic heterocycles. The van der Waals surface area contributed by atoms with Crippen LogP contribution in [0.5, 0.6) is 0 Å². The molecule has 4 nitrogen and oxygen atoms in total. The largest absolute Gasteiger partial charge is 0.416 e. The number of benzene rings is 2. The summed E-state index contributed by atoms with van der Waals surface area (Å²) < 4.78 is 40.1. The van der Waals surface area contributed by atoms with E-state index in [1.165, 1.54) is 18.6 Å². The Morgan fingerprint density at radius 1 is 1.00 bits per heavy atom. The number of alkyl halides is 3. The molecule has 0 fully saturated rings. The second-order valence-electron chi connectivity index (χ2n) is 7.82. The molecule has 0 aliphatic carbocycles. The molecule has 0 aliphatic rings. The lowest BCUT2D eigenvalue weighted by Crippen LogP contribution is -2.14. The molecule has 2 aromatic carbocycles. The first-order valence-electron chi connectivity index (χ1n) is 10.5. The topological polar surface area (TPSA) is 50.7 Å². The van der Waals surface area contributed by atoms with Crippen LogP contribution >= 0.6 is 11.8 Å². The molecule has 0 amide bonds. The molecule has 33 heavy (non-hydrogen) atoms. The summed E-state index contributed by atoms with van der Waals surface area (Å²) in [6.45, 7) is 5.09. The minimum absolute atomic E-state index is 0.206. The SMILES string of the molecule is Cc1nc(NC(C)c2cccc(C(F)(F)F)c2C)c2cc(SCc3ccccc3)cnc2n1. The van der Waals surface area contributed by atoms with Crippen molar-refractivity contribution in [2.24, 2.45) is 0 Å². The first kappa shape index (κ1) is 23.0. The molecule has 1 N–H and O–H groups in total. The Morgan fingerprint density at radius 3 is 2.48 bits per heavy atom. The summed E-state index contributed by atoms with van der Waals surface area (Å²) in [5.74, 6) is 1.88. The number of hydrogen-bond donors (Lipinski definition) is 1. The van der Waals surface area contributed by atoms with Gasteiger partial charge in [-0.15, -0.1) is 11.8 Å². The summed E-state index contributed by atoms with van der Waals surface area (Å²) >= 11 is 1.65. The predicted octanol–water partition coefficient (Wildman–Crippen LogP) is 7.13. The fraction of sp³-hybridized carbons (Fsp3) is 0.240. The maximum Gasteiger partial charge on any atom is 0.416 e. The van der Waals surface area contributed by atoms with Gasteiger partial charge in [-0.05, 0) is 49.6 Å². The van der Waals surface area contributed by atoms with Crippen molar-refractivity contribution >= 4 is 28.6 Å². The van der Waals surface area contributed by atoms with Crippen LogP contribution < -0.4 is 5.32 Å². The number of fused-ring (bicyclic) bond motifs is 1. The summed E-state index contributed by atoms with van der Waals surface area (Å²) in [7, 11) is 0. The van der Waals surface area contributed by atoms with Crippen molar-refractivity contribution in [3.05, 3.63) is 88.9 Å². The third-order valence-electron chi connectivity index (χ3n) is 5.39. The molecule has 0 bridgehead atoms. The van der Waals surface area contributed by atoms with Gasteiger partial charge >= 0.3 is 6.18 Å². The van der Waals surface area contributed by atoms with E-state index in [2.05, 4.69) is 32.4 Å². The number of anilines is 1. The van der Waals surface area contributed by atoms with Gasteiger partial charge in [0.25, 0.3) is 0 Å². The van der Waals surface area contributed by atoms with E-state index < -0.39 is 17.8 Å². The van der Waals surface area contributed by atoms with Crippen LogP contribution in [-0.2, 0) is 11.9 Å². The lowest BCUT2D eigenvalue weighted by Gasteiger charge is -2.21. The van der Waals surface area contributed by atoms with Gasteiger partial charge in [0.15, 0.2) is 5.65 Å². The van der Waals surface area contributed by atoms with Crippen LogP contribution in [0.25, 0.3) is 11.0 Å². The molecule has 4 rings (SSSR count). The van der Waals surface area contributed by atoms with E-state index in [0.717, 1.165) is 22.1 Å². The highest BCUT2D eigenvalue weighted by atomic mass is 32.2. The van der Waals surface area contributed by atoms with Gasteiger partial charge in [-0.1, -0.05) is 42.5 Å². The first-order valence-corrected chi connectivity index (χ1v) is 11.5. The fourth-order valence-corrected chi connectivity index (χ4v) is 4.60. The van der Waals surface area contributed by atoms with Crippen molar-refractivity contribution < 1.29 is 13.2 Å². The van der Waals surface area contributed by atoms with Crippen molar-refractivity contribution in [3.8, 4) is 0 Å². The molecule has 4 aromatic rings. The second-order valence-corrected chi connectivity index (χ2v) is 8.87. The smallest absolute Gasteiger partial charge is 0.363 e. The Labute approximate surface area is 194 Å². The Kier molecular flexibility index (Phi) is 6.56. The van der Waals surface area contributed by atoms with Crippen LogP contribution in [0.15, 0.2) is 65.7 Å². The van der Waals surface area contributed by atoms with Gasteiger partial charge in [-0.3, -0.25) is 0 Å². The van der Waals surface area contributed by atoms with Gasteiger partial charge in [0.05, 0.1) is 17.0 Å². The van der Waals surface area contributed by atoms with Gasteiger partial charge in [-0.2, -0.15) is 13.2 Å². The van der Waals surface area contributed by atoms with E-state index >= 15 is 0 Å². The monoisotopic (exact) mass is 468 g/mol. The number of rotatable bonds is 6. The summed E-state index contributed by atoms with van der Waals surface area (Å²) in [6.07, 6.45) is -2.61. The molecule has 2 heterocycles. The van der Waals surface area contributed by atoms with Crippen molar-refractivity contribution in [2.45, 2.75) is 43.6 Å². The molecular formula is C25H23F3N4S. The number of nitrogens with one attached hydrogen (secondary N) is 1. The number of aryl methyl sites for hydroxylation is 1. The standard InChI is InChI=1S/C25H23F3N4S/c1-15-20(10-7-11-22(15)25(26,27)28)16(2)30-24-21-12-19(13-29-23(21)31-17(3)32-24)33-14-18-8-5-4-6-9-18/h4-13,16H,14H2,1-3H3,(H,29,30,31,32). The third kappa shape index (κ3) is 5.27. The highest BCUT2D eigenvalue weighted by Crippen LogP contribution is 2.36. The normalized spacial score (nSPS) is 12.7. The zero-order valence-electron chi connectivity index (χ0n) is 18.4. The van der Waals surface area contributed by atoms with Crippen molar-refractivity contribution in [1.82, 2.24) is 15.0 Å². The van der Waals surface area contributed by atoms with Gasteiger partial charge < -0.3 is 5.32 Å². The average molecular weight is 469 g/mol. The number of nitrogens with zero attached hydrogens (tertiary/aromatic N) is 3. The van der Waals surface area contributed by atoms with E-state index in [1.807, 2.05) is 31.2 Å². The Balaban J connectivity index is 1.64. The lowest BCUT2D eigenvalue weighted by molar-refractivity contribution is -0.138. The van der Waals surface area contributed by atoms with E-state index in [1.54, 1.807) is 30.9 Å². The molecule has 1 atom stereocenters. The summed E-state index contributed by atoms with van der Waals surface area (Å²) in [6, 6.07) is 16.0. The molecule has 0 saturated heterocycles. The van der Waals surface area contributed by atoms with Crippen LogP contribution in [0.3, 0.4) is 0 Å². The fourth-order valence-electron chi connectivity index (χ4n) is 3.74. The molecule has 170 valence electrons. The quantitative estimate of drug-likeness (QED) is 0.305. The molecule has 0 saturated carbocycles. The number of pyridine rings is 1. The van der Waals surface area contributed by atoms with Crippen LogP contribution in [-0.4, -0.2) is 15.0 Å². The van der Waals surface area contributed by atoms with Crippen molar-refractivity contribution in [2.75, 3.05) is 5.32 Å². The lowest BCUT2D eigenvalue weighted by atomic mass is 9.97. The van der Waals surface area contributed by atoms with Crippen molar-refractivity contribution in [1.29, 1.82) is 0 Å². The Hall–Kier alpha value is -3.13. The maximum absolute atomic E-state index is 13.4. The van der Waals surface area contributed by atoms with Crippen LogP contribution in [0.2, 0.25) is 0 Å². The number of halogens is 3. The molecule has 0 spiro atoms. The predicted molar refractivity (Wildman–Crippen MR) is 126 cm³/mol. The minimum atomic E-state index is -4.40. The van der Waals surface area contributed by atoms with Crippen LogP contribution in [0.4, 0.5) is 19.0 Å². The van der Waals surface area contributed by atoms with Gasteiger partial charge in [0.1, 0.15) is 11.6 Å². The zero-order chi connectivity index (χ0) is 23.6. The zero-order valence-corrected chi connectivity index (χ0v) is 19.3. The highest BCUT2D eigenvalue weighted by Gasteiger charge is 2.33. The molecule has 8 heteroatoms. The minimum Gasteiger partial charge on any atom is -0.363 e. The third-order valence-corrected chi connectivity index (χ3v) is 6.42. The first-order chi connectivity index (χ1) is 15.7. The van der Waals surface area contributed by atoms with E-state index in [4.69, 9.17) is 0 Å². The number of thioether (sulfide) groups is 1. The average Bonchev–Trinajstić information content (AvgIpc) is 2.77. The number of aromatic nitrogens is 3. The van der Waals surface area contributed by atoms with Crippen molar-refractivity contribution in [3.63, 3.8) is 0 Å².